The van der Waals surface area contributed by atoms with Gasteiger partial charge >= 0.3 is 0 Å². The van der Waals surface area contributed by atoms with Crippen LogP contribution in [0.3, 0.4) is 0 Å². The number of nitrogens with zero attached hydrogens (tertiary/aromatic N) is 1. The number of aromatic nitrogens is 1. The molecule has 0 aliphatic heterocycles. The van der Waals surface area contributed by atoms with Crippen molar-refractivity contribution in [3.63, 3.8) is 0 Å². The Morgan fingerprint density at radius 3 is 1.14 bits per heavy atom. The molecule has 1 aromatic heterocycles. The minimum Gasteiger partial charge on any atom is -0.261 e. The van der Waals surface area contributed by atoms with Crippen LogP contribution in [-0.2, 0) is 19.3 Å². The van der Waals surface area contributed by atoms with E-state index < -0.39 is 0 Å². The summed E-state index contributed by atoms with van der Waals surface area (Å²) in [4.78, 5) is 4.93. The lowest BCUT2D eigenvalue weighted by Crippen LogP contribution is -2.01. The molecule has 1 aromatic rings. The van der Waals surface area contributed by atoms with E-state index in [1.165, 1.54) is 179 Å². The molecule has 36 heavy (non-hydrogen) atoms. The van der Waals surface area contributed by atoms with E-state index in [1.54, 1.807) is 11.1 Å². The van der Waals surface area contributed by atoms with Crippen LogP contribution in [-0.4, -0.2) is 4.98 Å². The molecule has 0 atom stereocenters. The average Bonchev–Trinajstić information content (AvgIpc) is 2.89. The van der Waals surface area contributed by atoms with Crippen LogP contribution in [0.2, 0.25) is 0 Å². The van der Waals surface area contributed by atoms with Gasteiger partial charge in [0.25, 0.3) is 0 Å². The largest absolute Gasteiger partial charge is 0.261 e. The third-order valence-electron chi connectivity index (χ3n) is 8.03. The fourth-order valence-electron chi connectivity index (χ4n) is 5.51. The van der Waals surface area contributed by atoms with Gasteiger partial charge in [-0.05, 0) is 55.7 Å². The van der Waals surface area contributed by atoms with Crippen LogP contribution < -0.4 is 0 Å². The van der Waals surface area contributed by atoms with E-state index in [0.717, 1.165) is 0 Å². The Hall–Kier alpha value is -0.850. The van der Waals surface area contributed by atoms with Crippen LogP contribution in [0.15, 0.2) is 12.3 Å². The number of hydrogen-bond donors (Lipinski definition) is 0. The summed E-state index contributed by atoms with van der Waals surface area (Å²) in [5.74, 6) is 0. The summed E-state index contributed by atoms with van der Waals surface area (Å²) in [7, 11) is 0. The SMILES string of the molecule is CCCCCCCCCCc1cc(CCCCCCCCCC)c(CCCCCCCCCC)cn1. The highest BCUT2D eigenvalue weighted by molar-refractivity contribution is 5.27. The number of aryl methyl sites for hydroxylation is 3. The summed E-state index contributed by atoms with van der Waals surface area (Å²) in [5, 5.41) is 0. The van der Waals surface area contributed by atoms with E-state index in [2.05, 4.69) is 33.0 Å². The predicted octanol–water partition coefficient (Wildman–Crippen LogP) is 12.1. The third-order valence-corrected chi connectivity index (χ3v) is 8.03. The van der Waals surface area contributed by atoms with Gasteiger partial charge in [-0.1, -0.05) is 156 Å². The fraction of sp³-hybridized carbons (Fsp3) is 0.857. The summed E-state index contributed by atoms with van der Waals surface area (Å²) in [5.41, 5.74) is 4.55. The fourth-order valence-corrected chi connectivity index (χ4v) is 5.51. The van der Waals surface area contributed by atoms with E-state index in [0.29, 0.717) is 0 Å². The average molecular weight is 500 g/mol. The van der Waals surface area contributed by atoms with Crippen LogP contribution in [0.4, 0.5) is 0 Å². The molecule has 0 aromatic carbocycles. The van der Waals surface area contributed by atoms with Gasteiger partial charge in [-0.2, -0.15) is 0 Å². The van der Waals surface area contributed by atoms with E-state index in [4.69, 9.17) is 4.98 Å². The standard InChI is InChI=1S/C35H65N/c1-4-7-10-13-16-19-22-25-28-33-31-35(30-27-24-21-18-15-12-9-6-3)36-32-34(33)29-26-23-20-17-14-11-8-5-2/h31-32H,4-30H2,1-3H3. The van der Waals surface area contributed by atoms with Crippen molar-refractivity contribution in [2.45, 2.75) is 194 Å². The zero-order valence-corrected chi connectivity index (χ0v) is 25.2. The number of unbranched alkanes of at least 4 members (excludes halogenated alkanes) is 21. The molecule has 0 fully saturated rings. The molecule has 0 unspecified atom stereocenters. The first-order valence-electron chi connectivity index (χ1n) is 16.8. The lowest BCUT2D eigenvalue weighted by Gasteiger charge is -2.12. The highest BCUT2D eigenvalue weighted by Gasteiger charge is 2.07. The molecule has 1 heteroatoms. The van der Waals surface area contributed by atoms with Gasteiger partial charge in [0, 0.05) is 11.9 Å². The predicted molar refractivity (Wildman–Crippen MR) is 163 cm³/mol. The second kappa shape index (κ2) is 25.8. The van der Waals surface area contributed by atoms with E-state index in [-0.39, 0.29) is 0 Å². The quantitative estimate of drug-likeness (QED) is 0.110. The number of hydrogen-bond acceptors (Lipinski definition) is 1. The van der Waals surface area contributed by atoms with Gasteiger partial charge in [-0.3, -0.25) is 4.98 Å². The molecule has 0 saturated heterocycles. The normalized spacial score (nSPS) is 11.4. The molecule has 1 heterocycles. The molecule has 0 N–H and O–H groups in total. The van der Waals surface area contributed by atoms with Gasteiger partial charge in [-0.15, -0.1) is 0 Å². The summed E-state index contributed by atoms with van der Waals surface area (Å²) in [6.45, 7) is 6.92. The van der Waals surface area contributed by atoms with Gasteiger partial charge in [0.05, 0.1) is 0 Å². The van der Waals surface area contributed by atoms with Crippen LogP contribution in [0.1, 0.15) is 192 Å². The van der Waals surface area contributed by atoms with Crippen LogP contribution in [0.5, 0.6) is 0 Å². The molecule has 0 radical (unpaired) electrons. The minimum atomic E-state index is 1.18. The highest BCUT2D eigenvalue weighted by Crippen LogP contribution is 2.20. The van der Waals surface area contributed by atoms with Gasteiger partial charge in [-0.25, -0.2) is 0 Å². The van der Waals surface area contributed by atoms with E-state index in [9.17, 15) is 0 Å². The summed E-state index contributed by atoms with van der Waals surface area (Å²) in [6, 6.07) is 2.50. The first kappa shape index (κ1) is 33.2. The molecule has 0 spiro atoms. The minimum absolute atomic E-state index is 1.18. The monoisotopic (exact) mass is 500 g/mol. The van der Waals surface area contributed by atoms with Crippen molar-refractivity contribution in [1.29, 1.82) is 0 Å². The molecule has 0 aliphatic carbocycles. The van der Waals surface area contributed by atoms with Crippen molar-refractivity contribution >= 4 is 0 Å². The maximum Gasteiger partial charge on any atom is 0.0406 e. The van der Waals surface area contributed by atoms with Crippen LogP contribution in [0, 0.1) is 0 Å². The van der Waals surface area contributed by atoms with Gasteiger partial charge < -0.3 is 0 Å². The molecule has 0 aliphatic rings. The Morgan fingerprint density at radius 2 is 0.722 bits per heavy atom. The number of rotatable bonds is 27. The Balaban J connectivity index is 2.41. The molecular weight excluding hydrogens is 434 g/mol. The van der Waals surface area contributed by atoms with Crippen molar-refractivity contribution in [1.82, 2.24) is 4.98 Å². The van der Waals surface area contributed by atoms with Crippen molar-refractivity contribution in [2.24, 2.45) is 0 Å². The first-order chi connectivity index (χ1) is 17.8. The zero-order valence-electron chi connectivity index (χ0n) is 25.2. The molecule has 0 saturated carbocycles. The number of pyridine rings is 1. The maximum absolute atomic E-state index is 4.93. The first-order valence-corrected chi connectivity index (χ1v) is 16.8. The summed E-state index contributed by atoms with van der Waals surface area (Å²) in [6.07, 6.45) is 39.6. The highest BCUT2D eigenvalue weighted by atomic mass is 14.7. The Bertz CT molecular complexity index is 578. The van der Waals surface area contributed by atoms with Crippen LogP contribution in [0.25, 0.3) is 0 Å². The zero-order chi connectivity index (χ0) is 25.9. The van der Waals surface area contributed by atoms with Crippen molar-refractivity contribution < 1.29 is 0 Å². The van der Waals surface area contributed by atoms with Gasteiger partial charge in [0.15, 0.2) is 0 Å². The van der Waals surface area contributed by atoms with E-state index in [1.807, 2.05) is 0 Å². The van der Waals surface area contributed by atoms with Gasteiger partial charge in [0.1, 0.15) is 0 Å². The van der Waals surface area contributed by atoms with Crippen molar-refractivity contribution in [3.8, 4) is 0 Å². The van der Waals surface area contributed by atoms with Crippen molar-refractivity contribution in [2.75, 3.05) is 0 Å². The van der Waals surface area contributed by atoms with Gasteiger partial charge in [0.2, 0.25) is 0 Å². The molecule has 1 nitrogen and oxygen atoms in total. The molecule has 0 bridgehead atoms. The molecule has 0 amide bonds. The smallest absolute Gasteiger partial charge is 0.0406 e. The Morgan fingerprint density at radius 1 is 0.389 bits per heavy atom. The molecular formula is C35H65N. The second-order valence-corrected chi connectivity index (χ2v) is 11.6. The third kappa shape index (κ3) is 19.3. The lowest BCUT2D eigenvalue weighted by atomic mass is 9.96. The van der Waals surface area contributed by atoms with Crippen molar-refractivity contribution in [3.05, 3.63) is 29.1 Å². The summed E-state index contributed by atoms with van der Waals surface area (Å²) >= 11 is 0. The molecule has 210 valence electrons. The molecule has 1 rings (SSSR count). The summed E-state index contributed by atoms with van der Waals surface area (Å²) < 4.78 is 0. The Labute approximate surface area is 228 Å². The topological polar surface area (TPSA) is 12.9 Å². The second-order valence-electron chi connectivity index (χ2n) is 11.6. The lowest BCUT2D eigenvalue weighted by molar-refractivity contribution is 0.568. The Kier molecular flexibility index (Phi) is 23.8. The van der Waals surface area contributed by atoms with E-state index >= 15 is 0 Å². The van der Waals surface area contributed by atoms with Crippen LogP contribution >= 0.6 is 0 Å². The maximum atomic E-state index is 4.93.